The molecule has 10 heavy (non-hydrogen) atoms. The molecule has 0 radical (unpaired) electrons. The average Bonchev–Trinajstić information content (AvgIpc) is 2.41. The van der Waals surface area contributed by atoms with E-state index in [1.54, 1.807) is 6.33 Å². The average molecular weight is 136 g/mol. The predicted molar refractivity (Wildman–Crippen MR) is 37.8 cm³/mol. The molecule has 0 unspecified atom stereocenters. The van der Waals surface area contributed by atoms with Crippen molar-refractivity contribution in [2.75, 3.05) is 0 Å². The molecule has 2 aromatic heterocycles. The van der Waals surface area contributed by atoms with Gasteiger partial charge in [0.1, 0.15) is 11.3 Å². The minimum Gasteiger partial charge on any atom is -0.442 e. The van der Waals surface area contributed by atoms with E-state index in [9.17, 15) is 0 Å². The van der Waals surface area contributed by atoms with Crippen molar-refractivity contribution in [1.29, 1.82) is 0 Å². The SMILES string of the molecule is Cc1oc2nc[nH]c2c1C. The Kier molecular flexibility index (Phi) is 0.897. The standard InChI is InChI=1S/C7H8N2O/c1-4-5(2)10-7-6(4)8-3-9-7/h3H,1-2H3,(H,8,9). The summed E-state index contributed by atoms with van der Waals surface area (Å²) in [5, 5.41) is 0. The van der Waals surface area contributed by atoms with Gasteiger partial charge in [-0.15, -0.1) is 0 Å². The lowest BCUT2D eigenvalue weighted by molar-refractivity contribution is 0.565. The minimum absolute atomic E-state index is 0.704. The Bertz CT molecular complexity index is 358. The second-order valence-corrected chi connectivity index (χ2v) is 2.37. The zero-order valence-electron chi connectivity index (χ0n) is 5.93. The third kappa shape index (κ3) is 0.518. The molecule has 3 heteroatoms. The lowest BCUT2D eigenvalue weighted by Crippen LogP contribution is -1.70. The van der Waals surface area contributed by atoms with Gasteiger partial charge in [-0.25, -0.2) is 4.98 Å². The lowest BCUT2D eigenvalue weighted by Gasteiger charge is -1.82. The summed E-state index contributed by atoms with van der Waals surface area (Å²) in [6, 6.07) is 0. The minimum atomic E-state index is 0.704. The van der Waals surface area contributed by atoms with Gasteiger partial charge < -0.3 is 9.40 Å². The van der Waals surface area contributed by atoms with Crippen molar-refractivity contribution in [2.24, 2.45) is 0 Å². The van der Waals surface area contributed by atoms with Crippen molar-refractivity contribution in [2.45, 2.75) is 13.8 Å². The molecule has 0 saturated carbocycles. The van der Waals surface area contributed by atoms with Crippen molar-refractivity contribution < 1.29 is 4.42 Å². The Morgan fingerprint density at radius 3 is 3.00 bits per heavy atom. The van der Waals surface area contributed by atoms with Crippen molar-refractivity contribution in [3.63, 3.8) is 0 Å². The van der Waals surface area contributed by atoms with Crippen LogP contribution in [0.4, 0.5) is 0 Å². The van der Waals surface area contributed by atoms with E-state index in [4.69, 9.17) is 4.42 Å². The molecule has 0 bridgehead atoms. The van der Waals surface area contributed by atoms with Gasteiger partial charge in [0.25, 0.3) is 0 Å². The smallest absolute Gasteiger partial charge is 0.244 e. The van der Waals surface area contributed by atoms with E-state index in [0.717, 1.165) is 16.8 Å². The molecule has 0 amide bonds. The van der Waals surface area contributed by atoms with Gasteiger partial charge in [0.15, 0.2) is 0 Å². The van der Waals surface area contributed by atoms with Gasteiger partial charge in [-0.2, -0.15) is 0 Å². The molecule has 0 aliphatic heterocycles. The van der Waals surface area contributed by atoms with Gasteiger partial charge in [0.2, 0.25) is 5.71 Å². The number of hydrogen-bond donors (Lipinski definition) is 1. The second kappa shape index (κ2) is 1.62. The normalized spacial score (nSPS) is 11.0. The van der Waals surface area contributed by atoms with Crippen LogP contribution < -0.4 is 0 Å². The maximum atomic E-state index is 5.30. The third-order valence-electron chi connectivity index (χ3n) is 1.76. The second-order valence-electron chi connectivity index (χ2n) is 2.37. The first-order chi connectivity index (χ1) is 4.79. The molecule has 2 heterocycles. The number of rotatable bonds is 0. The number of aromatic nitrogens is 2. The highest BCUT2D eigenvalue weighted by Crippen LogP contribution is 2.19. The highest BCUT2D eigenvalue weighted by atomic mass is 16.3. The predicted octanol–water partition coefficient (Wildman–Crippen LogP) is 1.77. The molecule has 0 aliphatic carbocycles. The maximum absolute atomic E-state index is 5.30. The number of nitrogens with zero attached hydrogens (tertiary/aromatic N) is 1. The van der Waals surface area contributed by atoms with Gasteiger partial charge in [0.05, 0.1) is 6.33 Å². The van der Waals surface area contributed by atoms with Gasteiger partial charge in [-0.3, -0.25) is 0 Å². The molecule has 0 atom stereocenters. The number of fused-ring (bicyclic) bond motifs is 1. The van der Waals surface area contributed by atoms with Crippen molar-refractivity contribution in [3.05, 3.63) is 17.7 Å². The number of hydrogen-bond acceptors (Lipinski definition) is 2. The van der Waals surface area contributed by atoms with Crippen molar-refractivity contribution in [3.8, 4) is 0 Å². The van der Waals surface area contributed by atoms with Crippen LogP contribution in [0.2, 0.25) is 0 Å². The first kappa shape index (κ1) is 5.53. The summed E-state index contributed by atoms with van der Waals surface area (Å²) in [5.74, 6) is 0.939. The fourth-order valence-electron chi connectivity index (χ4n) is 1.03. The summed E-state index contributed by atoms with van der Waals surface area (Å²) in [6.45, 7) is 3.95. The fraction of sp³-hybridized carbons (Fsp3) is 0.286. The van der Waals surface area contributed by atoms with Crippen LogP contribution in [-0.2, 0) is 0 Å². The molecule has 0 saturated heterocycles. The van der Waals surface area contributed by atoms with Gasteiger partial charge in [0, 0.05) is 5.56 Å². The van der Waals surface area contributed by atoms with Crippen molar-refractivity contribution in [1.82, 2.24) is 9.97 Å². The molecule has 0 aromatic carbocycles. The summed E-state index contributed by atoms with van der Waals surface area (Å²) >= 11 is 0. The first-order valence-electron chi connectivity index (χ1n) is 3.18. The molecule has 2 aromatic rings. The molecule has 2 rings (SSSR count). The Morgan fingerprint density at radius 2 is 2.30 bits per heavy atom. The number of imidazole rings is 1. The number of aromatic amines is 1. The van der Waals surface area contributed by atoms with Crippen LogP contribution in [0.15, 0.2) is 10.7 Å². The Hall–Kier alpha value is -1.25. The molecule has 0 fully saturated rings. The van der Waals surface area contributed by atoms with Gasteiger partial charge >= 0.3 is 0 Å². The monoisotopic (exact) mass is 136 g/mol. The summed E-state index contributed by atoms with van der Waals surface area (Å²) in [7, 11) is 0. The van der Waals surface area contributed by atoms with Gasteiger partial charge in [-0.1, -0.05) is 0 Å². The fourth-order valence-corrected chi connectivity index (χ4v) is 1.03. The quantitative estimate of drug-likeness (QED) is 0.599. The van der Waals surface area contributed by atoms with E-state index in [1.165, 1.54) is 0 Å². The molecule has 0 aliphatic rings. The van der Waals surface area contributed by atoms with Crippen LogP contribution in [0.25, 0.3) is 11.2 Å². The maximum Gasteiger partial charge on any atom is 0.244 e. The van der Waals surface area contributed by atoms with Crippen LogP contribution in [0.5, 0.6) is 0 Å². The summed E-state index contributed by atoms with van der Waals surface area (Å²) in [4.78, 5) is 6.98. The number of aryl methyl sites for hydroxylation is 2. The molecular weight excluding hydrogens is 128 g/mol. The number of nitrogens with one attached hydrogen (secondary N) is 1. The zero-order valence-corrected chi connectivity index (χ0v) is 5.93. The molecule has 3 nitrogen and oxygen atoms in total. The van der Waals surface area contributed by atoms with Crippen LogP contribution in [0.1, 0.15) is 11.3 Å². The topological polar surface area (TPSA) is 41.8 Å². The van der Waals surface area contributed by atoms with Crippen molar-refractivity contribution >= 4 is 11.2 Å². The Labute approximate surface area is 58.1 Å². The van der Waals surface area contributed by atoms with Crippen LogP contribution in [0.3, 0.4) is 0 Å². The largest absolute Gasteiger partial charge is 0.442 e. The van der Waals surface area contributed by atoms with E-state index in [2.05, 4.69) is 9.97 Å². The number of furan rings is 1. The summed E-state index contributed by atoms with van der Waals surface area (Å²) in [6.07, 6.45) is 1.64. The third-order valence-corrected chi connectivity index (χ3v) is 1.76. The van der Waals surface area contributed by atoms with E-state index >= 15 is 0 Å². The molecular formula is C7H8N2O. The molecule has 1 N–H and O–H groups in total. The van der Waals surface area contributed by atoms with Gasteiger partial charge in [-0.05, 0) is 13.8 Å². The summed E-state index contributed by atoms with van der Waals surface area (Å²) in [5.41, 5.74) is 2.86. The summed E-state index contributed by atoms with van der Waals surface area (Å²) < 4.78 is 5.30. The van der Waals surface area contributed by atoms with Crippen LogP contribution in [0, 0.1) is 13.8 Å². The molecule has 0 spiro atoms. The highest BCUT2D eigenvalue weighted by Gasteiger charge is 2.06. The molecule has 52 valence electrons. The first-order valence-corrected chi connectivity index (χ1v) is 3.18. The number of H-pyrrole nitrogens is 1. The van der Waals surface area contributed by atoms with Crippen LogP contribution in [-0.4, -0.2) is 9.97 Å². The highest BCUT2D eigenvalue weighted by molar-refractivity contribution is 5.73. The Balaban J connectivity index is 2.95. The van der Waals surface area contributed by atoms with E-state index in [-0.39, 0.29) is 0 Å². The van der Waals surface area contributed by atoms with E-state index in [0.29, 0.717) is 5.71 Å². The lowest BCUT2D eigenvalue weighted by atomic mass is 10.3. The zero-order chi connectivity index (χ0) is 7.14. The van der Waals surface area contributed by atoms with Crippen LogP contribution >= 0.6 is 0 Å². The van der Waals surface area contributed by atoms with E-state index in [1.807, 2.05) is 13.8 Å². The Morgan fingerprint density at radius 1 is 1.50 bits per heavy atom. The van der Waals surface area contributed by atoms with E-state index < -0.39 is 0 Å².